The zero-order valence-electron chi connectivity index (χ0n) is 17.5. The lowest BCUT2D eigenvalue weighted by Crippen LogP contribution is -2.32. The monoisotopic (exact) mass is 400 g/mol. The minimum Gasteiger partial charge on any atom is -0.329 e. The Morgan fingerprint density at radius 1 is 1.03 bits per heavy atom. The van der Waals surface area contributed by atoms with E-state index in [1.807, 2.05) is 17.9 Å². The molecule has 5 nitrogen and oxygen atoms in total. The summed E-state index contributed by atoms with van der Waals surface area (Å²) in [6.45, 7) is 2.80. The molecule has 2 aromatic heterocycles. The van der Waals surface area contributed by atoms with Crippen molar-refractivity contribution in [2.24, 2.45) is 0 Å². The largest absolute Gasteiger partial charge is 0.329 e. The topological polar surface area (TPSA) is 61.9 Å². The van der Waals surface area contributed by atoms with Gasteiger partial charge in [-0.2, -0.15) is 5.10 Å². The van der Waals surface area contributed by atoms with Gasteiger partial charge in [0.1, 0.15) is 0 Å². The molecule has 1 aliphatic heterocycles. The van der Waals surface area contributed by atoms with Gasteiger partial charge in [-0.3, -0.25) is 14.9 Å². The second-order valence-corrected chi connectivity index (χ2v) is 8.53. The van der Waals surface area contributed by atoms with E-state index in [9.17, 15) is 4.79 Å². The van der Waals surface area contributed by atoms with Crippen LogP contribution in [0.5, 0.6) is 0 Å². The van der Waals surface area contributed by atoms with Crippen molar-refractivity contribution in [1.29, 1.82) is 0 Å². The number of hydrogen-bond donors (Lipinski definition) is 1. The maximum Gasteiger partial charge on any atom is 0.275 e. The summed E-state index contributed by atoms with van der Waals surface area (Å²) in [7, 11) is 0. The van der Waals surface area contributed by atoms with Crippen molar-refractivity contribution >= 4 is 5.91 Å². The standard InChI is InChI=1S/C25H28N4O/c1-17-15-19(18-9-4-2-5-10-18)16-22(26-17)23-13-8-14-29(23)25(30)24-20-11-6-3-7-12-21(20)27-28-24/h2,4-5,9-10,15-16,23H,3,6-8,11-14H2,1H3,(H,27,28). The summed E-state index contributed by atoms with van der Waals surface area (Å²) in [5, 5.41) is 7.61. The number of amides is 1. The van der Waals surface area contributed by atoms with Crippen LogP contribution in [0, 0.1) is 6.92 Å². The number of pyridine rings is 1. The molecule has 1 N–H and O–H groups in total. The molecule has 0 radical (unpaired) electrons. The fourth-order valence-corrected chi connectivity index (χ4v) is 4.95. The van der Waals surface area contributed by atoms with Crippen LogP contribution in [0.2, 0.25) is 0 Å². The Balaban J connectivity index is 1.47. The lowest BCUT2D eigenvalue weighted by atomic mass is 10.0. The molecule has 154 valence electrons. The van der Waals surface area contributed by atoms with Crippen molar-refractivity contribution in [3.8, 4) is 11.1 Å². The third-order valence-electron chi connectivity index (χ3n) is 6.44. The van der Waals surface area contributed by atoms with Crippen LogP contribution in [0.4, 0.5) is 0 Å². The Hall–Kier alpha value is -2.95. The smallest absolute Gasteiger partial charge is 0.275 e. The molecule has 0 bridgehead atoms. The van der Waals surface area contributed by atoms with E-state index < -0.39 is 0 Å². The molecule has 1 atom stereocenters. The molecule has 0 spiro atoms. The van der Waals surface area contributed by atoms with E-state index in [0.717, 1.165) is 66.9 Å². The highest BCUT2D eigenvalue weighted by molar-refractivity contribution is 5.94. The second kappa shape index (κ2) is 8.05. The number of rotatable bonds is 3. The number of carbonyl (C=O) groups excluding carboxylic acids is 1. The van der Waals surface area contributed by atoms with Crippen molar-refractivity contribution in [1.82, 2.24) is 20.1 Å². The molecule has 1 unspecified atom stereocenters. The van der Waals surface area contributed by atoms with E-state index in [0.29, 0.717) is 5.69 Å². The SMILES string of the molecule is Cc1cc(-c2ccccc2)cc(C2CCCN2C(=O)c2n[nH]c3c2CCCCC3)n1. The van der Waals surface area contributed by atoms with Gasteiger partial charge >= 0.3 is 0 Å². The zero-order valence-corrected chi connectivity index (χ0v) is 17.5. The van der Waals surface area contributed by atoms with E-state index in [-0.39, 0.29) is 11.9 Å². The fourth-order valence-electron chi connectivity index (χ4n) is 4.95. The summed E-state index contributed by atoms with van der Waals surface area (Å²) in [5.41, 5.74) is 7.25. The minimum absolute atomic E-state index is 0.0120. The summed E-state index contributed by atoms with van der Waals surface area (Å²) < 4.78 is 0. The van der Waals surface area contributed by atoms with Gasteiger partial charge in [-0.1, -0.05) is 36.8 Å². The van der Waals surface area contributed by atoms with Crippen LogP contribution >= 0.6 is 0 Å². The molecule has 1 amide bonds. The van der Waals surface area contributed by atoms with Gasteiger partial charge in [0.05, 0.1) is 11.7 Å². The average molecular weight is 401 g/mol. The van der Waals surface area contributed by atoms with E-state index in [4.69, 9.17) is 4.98 Å². The normalized spacial score (nSPS) is 18.8. The van der Waals surface area contributed by atoms with Crippen molar-refractivity contribution in [3.63, 3.8) is 0 Å². The number of H-pyrrole nitrogens is 1. The molecule has 30 heavy (non-hydrogen) atoms. The number of nitrogens with one attached hydrogen (secondary N) is 1. The first-order chi connectivity index (χ1) is 14.7. The lowest BCUT2D eigenvalue weighted by molar-refractivity contribution is 0.0725. The first kappa shape index (κ1) is 19.0. The predicted molar refractivity (Wildman–Crippen MR) is 117 cm³/mol. The Kier molecular flexibility index (Phi) is 5.11. The number of aromatic nitrogens is 3. The number of aromatic amines is 1. The molecule has 3 aromatic rings. The zero-order chi connectivity index (χ0) is 20.5. The first-order valence-electron chi connectivity index (χ1n) is 11.1. The number of aryl methyl sites for hydroxylation is 2. The maximum absolute atomic E-state index is 13.5. The molecular weight excluding hydrogens is 372 g/mol. The Labute approximate surface area is 177 Å². The highest BCUT2D eigenvalue weighted by atomic mass is 16.2. The molecule has 5 heteroatoms. The van der Waals surface area contributed by atoms with Gasteiger partial charge in [0.15, 0.2) is 5.69 Å². The van der Waals surface area contributed by atoms with Crippen LogP contribution in [0.25, 0.3) is 11.1 Å². The number of likely N-dealkylation sites (tertiary alicyclic amines) is 1. The van der Waals surface area contributed by atoms with Crippen LogP contribution in [-0.2, 0) is 12.8 Å². The number of hydrogen-bond acceptors (Lipinski definition) is 3. The first-order valence-corrected chi connectivity index (χ1v) is 11.1. The van der Waals surface area contributed by atoms with E-state index in [1.165, 1.54) is 18.4 Å². The quantitative estimate of drug-likeness (QED) is 0.628. The Morgan fingerprint density at radius 2 is 1.87 bits per heavy atom. The van der Waals surface area contributed by atoms with Crippen LogP contribution in [0.15, 0.2) is 42.5 Å². The van der Waals surface area contributed by atoms with Gasteiger partial charge in [0.2, 0.25) is 0 Å². The van der Waals surface area contributed by atoms with Gasteiger partial charge in [0, 0.05) is 23.5 Å². The highest BCUT2D eigenvalue weighted by Crippen LogP contribution is 2.35. The van der Waals surface area contributed by atoms with Crippen molar-refractivity contribution in [2.75, 3.05) is 6.54 Å². The summed E-state index contributed by atoms with van der Waals surface area (Å²) in [5.74, 6) is 0.0569. The predicted octanol–water partition coefficient (Wildman–Crippen LogP) is 5.03. The van der Waals surface area contributed by atoms with Crippen molar-refractivity contribution in [3.05, 3.63) is 70.8 Å². The Bertz CT molecular complexity index is 1060. The van der Waals surface area contributed by atoms with Crippen LogP contribution in [0.3, 0.4) is 0 Å². The van der Waals surface area contributed by atoms with Crippen LogP contribution in [0.1, 0.15) is 71.3 Å². The maximum atomic E-state index is 13.5. The molecule has 3 heterocycles. The van der Waals surface area contributed by atoms with E-state index >= 15 is 0 Å². The fraction of sp³-hybridized carbons (Fsp3) is 0.400. The second-order valence-electron chi connectivity index (χ2n) is 8.53. The molecule has 1 fully saturated rings. The molecule has 1 aliphatic carbocycles. The van der Waals surface area contributed by atoms with Gasteiger partial charge < -0.3 is 4.90 Å². The van der Waals surface area contributed by atoms with Crippen molar-refractivity contribution in [2.45, 2.75) is 57.9 Å². The molecule has 2 aliphatic rings. The van der Waals surface area contributed by atoms with Gasteiger partial charge in [-0.15, -0.1) is 0 Å². The molecule has 1 saturated heterocycles. The molecular formula is C25H28N4O. The summed E-state index contributed by atoms with van der Waals surface area (Å²) in [4.78, 5) is 20.4. The van der Waals surface area contributed by atoms with E-state index in [2.05, 4.69) is 46.6 Å². The van der Waals surface area contributed by atoms with Gasteiger partial charge in [0.25, 0.3) is 5.91 Å². The molecule has 1 aromatic carbocycles. The molecule has 0 saturated carbocycles. The highest BCUT2D eigenvalue weighted by Gasteiger charge is 2.34. The molecule has 5 rings (SSSR count). The number of benzene rings is 1. The average Bonchev–Trinajstić information content (AvgIpc) is 3.35. The van der Waals surface area contributed by atoms with E-state index in [1.54, 1.807) is 0 Å². The Morgan fingerprint density at radius 3 is 2.73 bits per heavy atom. The van der Waals surface area contributed by atoms with Crippen molar-refractivity contribution < 1.29 is 4.79 Å². The number of carbonyl (C=O) groups is 1. The summed E-state index contributed by atoms with van der Waals surface area (Å²) in [6.07, 6.45) is 7.42. The van der Waals surface area contributed by atoms with Crippen LogP contribution < -0.4 is 0 Å². The van der Waals surface area contributed by atoms with Gasteiger partial charge in [-0.05, 0) is 68.7 Å². The summed E-state index contributed by atoms with van der Waals surface area (Å²) >= 11 is 0. The summed E-state index contributed by atoms with van der Waals surface area (Å²) in [6, 6.07) is 14.7. The third-order valence-corrected chi connectivity index (χ3v) is 6.44. The van der Waals surface area contributed by atoms with Crippen LogP contribution in [-0.4, -0.2) is 32.5 Å². The lowest BCUT2D eigenvalue weighted by Gasteiger charge is -2.25. The minimum atomic E-state index is 0.0120. The third kappa shape index (κ3) is 3.53. The number of fused-ring (bicyclic) bond motifs is 1. The van der Waals surface area contributed by atoms with Gasteiger partial charge in [-0.25, -0.2) is 0 Å². The number of nitrogens with zero attached hydrogens (tertiary/aromatic N) is 3.